The molecule has 2 N–H and O–H groups in total. The molecule has 0 spiro atoms. The van der Waals surface area contributed by atoms with Crippen molar-refractivity contribution >= 4 is 16.9 Å². The number of ether oxygens (including phenoxy) is 1. The Hall–Kier alpha value is -3.08. The highest BCUT2D eigenvalue weighted by molar-refractivity contribution is 5.94. The molecule has 1 heterocycles. The van der Waals surface area contributed by atoms with Gasteiger partial charge in [0.05, 0.1) is 12.6 Å². The molecule has 0 aliphatic carbocycles. The molecule has 0 saturated carbocycles. The van der Waals surface area contributed by atoms with Crippen molar-refractivity contribution in [3.05, 3.63) is 63.9 Å². The quantitative estimate of drug-likeness (QED) is 0.713. The van der Waals surface area contributed by atoms with Gasteiger partial charge in [-0.2, -0.15) is 0 Å². The average molecular weight is 309 g/mol. The minimum Gasteiger partial charge on any atom is -0.506 e. The number of benzene rings is 2. The van der Waals surface area contributed by atoms with Crippen LogP contribution in [0.3, 0.4) is 0 Å². The molecular formula is C18H15NO4. The molecule has 0 saturated heterocycles. The third-order valence-corrected chi connectivity index (χ3v) is 3.67. The fourth-order valence-corrected chi connectivity index (χ4v) is 2.54. The minimum absolute atomic E-state index is 0.00334. The van der Waals surface area contributed by atoms with E-state index < -0.39 is 5.97 Å². The topological polar surface area (TPSA) is 79.4 Å². The van der Waals surface area contributed by atoms with E-state index in [-0.39, 0.29) is 22.4 Å². The second-order valence-electron chi connectivity index (χ2n) is 5.33. The number of hydrogen-bond donors (Lipinski definition) is 2. The number of hydrogen-bond acceptors (Lipinski definition) is 4. The van der Waals surface area contributed by atoms with Gasteiger partial charge in [0.2, 0.25) is 0 Å². The van der Waals surface area contributed by atoms with Crippen molar-refractivity contribution in [3.63, 3.8) is 0 Å². The van der Waals surface area contributed by atoms with E-state index in [1.807, 2.05) is 31.2 Å². The maximum atomic E-state index is 12.3. The van der Waals surface area contributed by atoms with Crippen molar-refractivity contribution in [1.29, 1.82) is 0 Å². The highest BCUT2D eigenvalue weighted by Gasteiger charge is 2.13. The molecule has 0 unspecified atom stereocenters. The zero-order chi connectivity index (χ0) is 16.6. The van der Waals surface area contributed by atoms with Gasteiger partial charge in [0.1, 0.15) is 11.4 Å². The van der Waals surface area contributed by atoms with Crippen molar-refractivity contribution in [2.24, 2.45) is 0 Å². The number of fused-ring (bicyclic) bond motifs is 1. The fourth-order valence-electron chi connectivity index (χ4n) is 2.54. The van der Waals surface area contributed by atoms with E-state index in [0.29, 0.717) is 5.39 Å². The summed E-state index contributed by atoms with van der Waals surface area (Å²) in [6.45, 7) is 1.97. The third kappa shape index (κ3) is 2.68. The van der Waals surface area contributed by atoms with Crippen molar-refractivity contribution in [3.8, 4) is 16.9 Å². The van der Waals surface area contributed by atoms with Gasteiger partial charge in [-0.15, -0.1) is 0 Å². The van der Waals surface area contributed by atoms with E-state index in [0.717, 1.165) is 16.7 Å². The Balaban J connectivity index is 2.25. The summed E-state index contributed by atoms with van der Waals surface area (Å²) in [7, 11) is 1.23. The van der Waals surface area contributed by atoms with Gasteiger partial charge in [0, 0.05) is 11.5 Å². The predicted molar refractivity (Wildman–Crippen MR) is 87.7 cm³/mol. The Kier molecular flexibility index (Phi) is 3.62. The number of methoxy groups -OCH3 is 1. The normalized spacial score (nSPS) is 10.7. The van der Waals surface area contributed by atoms with Crippen LogP contribution in [-0.2, 0) is 4.74 Å². The van der Waals surface area contributed by atoms with Gasteiger partial charge in [-0.1, -0.05) is 29.8 Å². The molecule has 1 aromatic heterocycles. The first-order chi connectivity index (χ1) is 11.0. The van der Waals surface area contributed by atoms with Crippen molar-refractivity contribution in [1.82, 2.24) is 4.98 Å². The zero-order valence-corrected chi connectivity index (χ0v) is 12.7. The van der Waals surface area contributed by atoms with Crippen LogP contribution < -0.4 is 5.43 Å². The van der Waals surface area contributed by atoms with Gasteiger partial charge in [0.15, 0.2) is 5.43 Å². The smallest absolute Gasteiger partial charge is 0.354 e. The molecule has 2 aromatic carbocycles. The van der Waals surface area contributed by atoms with E-state index in [9.17, 15) is 14.7 Å². The van der Waals surface area contributed by atoms with Crippen LogP contribution in [0.2, 0.25) is 0 Å². The summed E-state index contributed by atoms with van der Waals surface area (Å²) in [5.74, 6) is -0.756. The van der Waals surface area contributed by atoms with Gasteiger partial charge in [0.25, 0.3) is 0 Å². The van der Waals surface area contributed by atoms with E-state index in [2.05, 4.69) is 9.72 Å². The Labute approximate surface area is 132 Å². The molecule has 3 aromatic rings. The van der Waals surface area contributed by atoms with Gasteiger partial charge < -0.3 is 14.8 Å². The van der Waals surface area contributed by atoms with Crippen molar-refractivity contribution in [2.45, 2.75) is 6.92 Å². The van der Waals surface area contributed by atoms with Gasteiger partial charge in [-0.05, 0) is 30.2 Å². The van der Waals surface area contributed by atoms with E-state index >= 15 is 0 Å². The van der Waals surface area contributed by atoms with Crippen LogP contribution in [-0.4, -0.2) is 23.2 Å². The average Bonchev–Trinajstić information content (AvgIpc) is 2.54. The summed E-state index contributed by atoms with van der Waals surface area (Å²) < 4.78 is 4.60. The molecule has 0 fully saturated rings. The highest BCUT2D eigenvalue weighted by Crippen LogP contribution is 2.29. The molecule has 3 rings (SSSR count). The standard InChI is InChI=1S/C18H15NO4/c1-10-4-3-5-11(6-10)12-7-13-15(20)9-14(18(22)23-2)19-17(13)16(21)8-12/h3-9,21H,1-2H3,(H,19,20). The molecule has 0 radical (unpaired) electrons. The summed E-state index contributed by atoms with van der Waals surface area (Å²) in [6.07, 6.45) is 0. The number of aryl methyl sites for hydroxylation is 1. The fraction of sp³-hybridized carbons (Fsp3) is 0.111. The molecule has 0 atom stereocenters. The monoisotopic (exact) mass is 309 g/mol. The lowest BCUT2D eigenvalue weighted by Gasteiger charge is -2.08. The van der Waals surface area contributed by atoms with E-state index in [1.165, 1.54) is 13.2 Å². The number of rotatable bonds is 2. The van der Waals surface area contributed by atoms with E-state index in [1.54, 1.807) is 12.1 Å². The number of aromatic amines is 1. The van der Waals surface area contributed by atoms with Gasteiger partial charge in [-0.25, -0.2) is 4.79 Å². The van der Waals surface area contributed by atoms with Crippen LogP contribution in [0.25, 0.3) is 22.0 Å². The lowest BCUT2D eigenvalue weighted by Crippen LogP contribution is -2.11. The van der Waals surface area contributed by atoms with Crippen LogP contribution in [0.5, 0.6) is 5.75 Å². The predicted octanol–water partition coefficient (Wildman–Crippen LogP) is 3.00. The molecule has 0 bridgehead atoms. The summed E-state index contributed by atoms with van der Waals surface area (Å²) >= 11 is 0. The number of pyridine rings is 1. The third-order valence-electron chi connectivity index (χ3n) is 3.67. The largest absolute Gasteiger partial charge is 0.506 e. The number of carbonyl (C=O) groups is 1. The first-order valence-electron chi connectivity index (χ1n) is 7.05. The van der Waals surface area contributed by atoms with Crippen LogP contribution in [0.15, 0.2) is 47.3 Å². The van der Waals surface area contributed by atoms with Crippen molar-refractivity contribution < 1.29 is 14.6 Å². The highest BCUT2D eigenvalue weighted by atomic mass is 16.5. The Morgan fingerprint density at radius 3 is 2.61 bits per heavy atom. The molecule has 23 heavy (non-hydrogen) atoms. The number of H-pyrrole nitrogens is 1. The lowest BCUT2D eigenvalue weighted by molar-refractivity contribution is 0.0594. The Bertz CT molecular complexity index is 972. The maximum absolute atomic E-state index is 12.3. The maximum Gasteiger partial charge on any atom is 0.354 e. The van der Waals surface area contributed by atoms with Gasteiger partial charge >= 0.3 is 5.97 Å². The molecule has 0 aliphatic rings. The number of esters is 1. The first kappa shape index (κ1) is 14.8. The van der Waals surface area contributed by atoms with E-state index in [4.69, 9.17) is 0 Å². The van der Waals surface area contributed by atoms with Crippen molar-refractivity contribution in [2.75, 3.05) is 7.11 Å². The number of phenolic OH excluding ortho intramolecular Hbond substituents is 1. The van der Waals surface area contributed by atoms with Gasteiger partial charge in [-0.3, -0.25) is 4.79 Å². The number of carbonyl (C=O) groups excluding carboxylic acids is 1. The number of aromatic hydroxyl groups is 1. The number of phenols is 1. The molecule has 5 heteroatoms. The molecule has 0 amide bonds. The second kappa shape index (κ2) is 5.61. The van der Waals surface area contributed by atoms with Crippen LogP contribution in [0, 0.1) is 6.92 Å². The summed E-state index contributed by atoms with van der Waals surface area (Å²) in [5.41, 5.74) is 2.58. The summed E-state index contributed by atoms with van der Waals surface area (Å²) in [4.78, 5) is 26.6. The molecule has 5 nitrogen and oxygen atoms in total. The number of nitrogens with one attached hydrogen (secondary N) is 1. The van der Waals surface area contributed by atoms with Crippen LogP contribution in [0.4, 0.5) is 0 Å². The minimum atomic E-state index is -0.661. The second-order valence-corrected chi connectivity index (χ2v) is 5.33. The summed E-state index contributed by atoms with van der Waals surface area (Å²) in [5, 5.41) is 10.6. The Morgan fingerprint density at radius 2 is 1.91 bits per heavy atom. The van der Waals surface area contributed by atoms with Crippen LogP contribution in [0.1, 0.15) is 16.1 Å². The first-order valence-corrected chi connectivity index (χ1v) is 7.05. The molecular weight excluding hydrogens is 294 g/mol. The lowest BCUT2D eigenvalue weighted by atomic mass is 10.0. The molecule has 116 valence electrons. The SMILES string of the molecule is COC(=O)c1cc(=O)c2cc(-c3cccc(C)c3)cc(O)c2[nH]1. The van der Waals surface area contributed by atoms with Crippen LogP contribution >= 0.6 is 0 Å². The zero-order valence-electron chi connectivity index (χ0n) is 12.7. The Morgan fingerprint density at radius 1 is 1.13 bits per heavy atom. The summed E-state index contributed by atoms with van der Waals surface area (Å²) in [6, 6.07) is 12.2. The number of aromatic nitrogens is 1. The molecule has 0 aliphatic heterocycles.